The molecule has 0 spiro atoms. The minimum absolute atomic E-state index is 0.342. The summed E-state index contributed by atoms with van der Waals surface area (Å²) in [6, 6.07) is 3.41. The van der Waals surface area contributed by atoms with Crippen molar-refractivity contribution in [2.45, 2.75) is 20.4 Å². The van der Waals surface area contributed by atoms with Crippen LogP contribution in [0.25, 0.3) is 0 Å². The smallest absolute Gasteiger partial charge is 0.341 e. The Balaban J connectivity index is 2.13. The number of nitrogens with zero attached hydrogens (tertiary/aromatic N) is 3. The summed E-state index contributed by atoms with van der Waals surface area (Å²) in [5.74, 6) is 0.153. The van der Waals surface area contributed by atoms with Gasteiger partial charge in [0.05, 0.1) is 12.3 Å². The van der Waals surface area contributed by atoms with Gasteiger partial charge in [-0.25, -0.2) is 9.78 Å². The van der Waals surface area contributed by atoms with E-state index in [0.29, 0.717) is 24.5 Å². The largest absolute Gasteiger partial charge is 0.462 e. The quantitative estimate of drug-likeness (QED) is 0.843. The van der Waals surface area contributed by atoms with Crippen LogP contribution >= 0.6 is 0 Å². The first-order valence-electron chi connectivity index (χ1n) is 6.47. The minimum Gasteiger partial charge on any atom is -0.462 e. The van der Waals surface area contributed by atoms with E-state index in [2.05, 4.69) is 15.4 Å². The summed E-state index contributed by atoms with van der Waals surface area (Å²) < 4.78 is 6.77. The van der Waals surface area contributed by atoms with Crippen LogP contribution in [0.1, 0.15) is 28.5 Å². The Hall–Kier alpha value is -2.37. The number of nitrogens with one attached hydrogen (secondary N) is 1. The van der Waals surface area contributed by atoms with Gasteiger partial charge in [-0.1, -0.05) is 0 Å². The van der Waals surface area contributed by atoms with Crippen LogP contribution < -0.4 is 5.32 Å². The molecule has 106 valence electrons. The summed E-state index contributed by atoms with van der Waals surface area (Å²) in [6.07, 6.45) is 3.58. The summed E-state index contributed by atoms with van der Waals surface area (Å²) in [5.41, 5.74) is 2.46. The molecule has 0 bridgehead atoms. The van der Waals surface area contributed by atoms with Crippen LogP contribution in [0.4, 0.5) is 5.82 Å². The number of anilines is 1. The molecule has 6 heteroatoms. The van der Waals surface area contributed by atoms with Gasteiger partial charge in [-0.2, -0.15) is 5.10 Å². The van der Waals surface area contributed by atoms with E-state index in [9.17, 15) is 4.79 Å². The van der Waals surface area contributed by atoms with Crippen molar-refractivity contribution in [1.82, 2.24) is 14.8 Å². The topological polar surface area (TPSA) is 69.0 Å². The highest BCUT2D eigenvalue weighted by molar-refractivity contribution is 5.94. The minimum atomic E-state index is -0.369. The van der Waals surface area contributed by atoms with E-state index in [4.69, 9.17) is 4.74 Å². The lowest BCUT2D eigenvalue weighted by molar-refractivity contribution is 0.0527. The average molecular weight is 274 g/mol. The summed E-state index contributed by atoms with van der Waals surface area (Å²) in [5, 5.41) is 7.43. The monoisotopic (exact) mass is 274 g/mol. The van der Waals surface area contributed by atoms with Gasteiger partial charge in [-0.05, 0) is 26.0 Å². The van der Waals surface area contributed by atoms with Crippen molar-refractivity contribution in [2.75, 3.05) is 11.9 Å². The molecule has 0 radical (unpaired) electrons. The fourth-order valence-corrected chi connectivity index (χ4v) is 1.92. The molecule has 0 saturated heterocycles. The van der Waals surface area contributed by atoms with Gasteiger partial charge in [0.1, 0.15) is 11.4 Å². The Labute approximate surface area is 117 Å². The lowest BCUT2D eigenvalue weighted by atomic mass is 10.2. The Kier molecular flexibility index (Phi) is 4.34. The molecule has 0 atom stereocenters. The highest BCUT2D eigenvalue weighted by atomic mass is 16.5. The molecule has 0 unspecified atom stereocenters. The molecule has 0 aromatic carbocycles. The molecule has 0 fully saturated rings. The third-order valence-corrected chi connectivity index (χ3v) is 2.86. The van der Waals surface area contributed by atoms with Crippen molar-refractivity contribution in [3.05, 3.63) is 41.3 Å². The molecular weight excluding hydrogens is 256 g/mol. The number of aromatic nitrogens is 3. The molecule has 20 heavy (non-hydrogen) atoms. The van der Waals surface area contributed by atoms with Gasteiger partial charge < -0.3 is 10.1 Å². The number of aryl methyl sites for hydroxylation is 2. The molecule has 2 rings (SSSR count). The Morgan fingerprint density at radius 1 is 1.50 bits per heavy atom. The second kappa shape index (κ2) is 6.18. The normalized spacial score (nSPS) is 10.3. The Bertz CT molecular complexity index is 607. The van der Waals surface area contributed by atoms with Crippen molar-refractivity contribution < 1.29 is 9.53 Å². The van der Waals surface area contributed by atoms with E-state index in [1.807, 2.05) is 20.2 Å². The van der Waals surface area contributed by atoms with Crippen molar-refractivity contribution >= 4 is 11.8 Å². The van der Waals surface area contributed by atoms with Crippen molar-refractivity contribution in [1.29, 1.82) is 0 Å². The Morgan fingerprint density at radius 3 is 2.95 bits per heavy atom. The third kappa shape index (κ3) is 3.14. The fraction of sp³-hybridized carbons (Fsp3) is 0.357. The zero-order chi connectivity index (χ0) is 14.5. The third-order valence-electron chi connectivity index (χ3n) is 2.86. The van der Waals surface area contributed by atoms with E-state index in [1.165, 1.54) is 0 Å². The first kappa shape index (κ1) is 14.0. The van der Waals surface area contributed by atoms with Crippen LogP contribution in [0.5, 0.6) is 0 Å². The van der Waals surface area contributed by atoms with Crippen molar-refractivity contribution in [2.24, 2.45) is 7.05 Å². The number of hydrogen-bond donors (Lipinski definition) is 1. The van der Waals surface area contributed by atoms with Crippen LogP contribution in [0.15, 0.2) is 24.5 Å². The van der Waals surface area contributed by atoms with E-state index in [1.54, 1.807) is 29.9 Å². The number of carbonyl (C=O) groups is 1. The van der Waals surface area contributed by atoms with Crippen LogP contribution in [-0.4, -0.2) is 27.3 Å². The zero-order valence-electron chi connectivity index (χ0n) is 11.9. The molecule has 2 aromatic rings. The summed E-state index contributed by atoms with van der Waals surface area (Å²) in [4.78, 5) is 16.0. The molecule has 0 saturated carbocycles. The number of hydrogen-bond acceptors (Lipinski definition) is 5. The number of rotatable bonds is 5. The summed E-state index contributed by atoms with van der Waals surface area (Å²) in [6.45, 7) is 4.63. The summed E-state index contributed by atoms with van der Waals surface area (Å²) >= 11 is 0. The molecule has 0 amide bonds. The lowest BCUT2D eigenvalue weighted by Gasteiger charge is -2.09. The first-order chi connectivity index (χ1) is 9.61. The predicted molar refractivity (Wildman–Crippen MR) is 75.5 cm³/mol. The van der Waals surface area contributed by atoms with E-state index >= 15 is 0 Å². The highest BCUT2D eigenvalue weighted by Gasteiger charge is 2.13. The van der Waals surface area contributed by atoms with Gasteiger partial charge in [-0.15, -0.1) is 0 Å². The standard InChI is InChI=1S/C14H18N4O2/c1-4-20-14(19)12-6-5-7-15-13(12)16-8-11-9-18(3)17-10(11)2/h5-7,9H,4,8H2,1-3H3,(H,15,16). The lowest BCUT2D eigenvalue weighted by Crippen LogP contribution is -2.11. The zero-order valence-corrected chi connectivity index (χ0v) is 11.9. The number of pyridine rings is 1. The molecule has 0 aliphatic carbocycles. The van der Waals surface area contributed by atoms with Crippen LogP contribution in [-0.2, 0) is 18.3 Å². The van der Waals surface area contributed by atoms with Gasteiger partial charge in [0.25, 0.3) is 0 Å². The second-order valence-electron chi connectivity index (χ2n) is 4.39. The predicted octanol–water partition coefficient (Wildman–Crippen LogP) is 1.91. The van der Waals surface area contributed by atoms with Crippen LogP contribution in [0, 0.1) is 6.92 Å². The SMILES string of the molecule is CCOC(=O)c1cccnc1NCc1cn(C)nc1C. The second-order valence-corrected chi connectivity index (χ2v) is 4.39. The Morgan fingerprint density at radius 2 is 2.30 bits per heavy atom. The van der Waals surface area contributed by atoms with E-state index < -0.39 is 0 Å². The number of carbonyl (C=O) groups excluding carboxylic acids is 1. The molecular formula is C14H18N4O2. The average Bonchev–Trinajstić information content (AvgIpc) is 2.75. The van der Waals surface area contributed by atoms with Gasteiger partial charge in [-0.3, -0.25) is 4.68 Å². The molecule has 0 aliphatic rings. The van der Waals surface area contributed by atoms with Gasteiger partial charge in [0.15, 0.2) is 0 Å². The van der Waals surface area contributed by atoms with E-state index in [-0.39, 0.29) is 5.97 Å². The summed E-state index contributed by atoms with van der Waals surface area (Å²) in [7, 11) is 1.88. The molecule has 6 nitrogen and oxygen atoms in total. The van der Waals surface area contributed by atoms with Crippen LogP contribution in [0.3, 0.4) is 0 Å². The van der Waals surface area contributed by atoms with Crippen LogP contribution in [0.2, 0.25) is 0 Å². The molecule has 2 heterocycles. The van der Waals surface area contributed by atoms with Crippen molar-refractivity contribution in [3.8, 4) is 0 Å². The maximum atomic E-state index is 11.8. The number of ether oxygens (including phenoxy) is 1. The molecule has 2 aromatic heterocycles. The van der Waals surface area contributed by atoms with E-state index in [0.717, 1.165) is 11.3 Å². The van der Waals surface area contributed by atoms with Gasteiger partial charge in [0.2, 0.25) is 0 Å². The maximum absolute atomic E-state index is 11.8. The van der Waals surface area contributed by atoms with Gasteiger partial charge >= 0.3 is 5.97 Å². The number of esters is 1. The maximum Gasteiger partial charge on any atom is 0.341 e. The molecule has 1 N–H and O–H groups in total. The molecule has 0 aliphatic heterocycles. The fourth-order valence-electron chi connectivity index (χ4n) is 1.92. The first-order valence-corrected chi connectivity index (χ1v) is 6.47. The highest BCUT2D eigenvalue weighted by Crippen LogP contribution is 2.15. The van der Waals surface area contributed by atoms with Crippen molar-refractivity contribution in [3.63, 3.8) is 0 Å². The van der Waals surface area contributed by atoms with Gasteiger partial charge in [0, 0.05) is 31.5 Å².